The van der Waals surface area contributed by atoms with Crippen LogP contribution in [0.2, 0.25) is 0 Å². The van der Waals surface area contributed by atoms with Crippen molar-refractivity contribution in [2.45, 2.75) is 65.1 Å². The molecule has 110 valence electrons. The molecule has 3 rings (SSSR count). The zero-order valence-corrected chi connectivity index (χ0v) is 13.2. The van der Waals surface area contributed by atoms with Gasteiger partial charge in [0.15, 0.2) is 0 Å². The molecule has 0 aliphatic heterocycles. The summed E-state index contributed by atoms with van der Waals surface area (Å²) in [5, 5.41) is 3.52. The van der Waals surface area contributed by atoms with E-state index in [0.717, 1.165) is 18.5 Å². The average molecular weight is 272 g/mol. The van der Waals surface area contributed by atoms with Crippen molar-refractivity contribution in [3.63, 3.8) is 0 Å². The Morgan fingerprint density at radius 1 is 1.20 bits per heavy atom. The van der Waals surface area contributed by atoms with Gasteiger partial charge in [-0.05, 0) is 61.8 Å². The largest absolute Gasteiger partial charge is 0.368 e. The minimum atomic E-state index is 0.548. The highest BCUT2D eigenvalue weighted by molar-refractivity contribution is 5.52. The Balaban J connectivity index is 1.70. The molecule has 0 spiro atoms. The van der Waals surface area contributed by atoms with Gasteiger partial charge in [-0.15, -0.1) is 0 Å². The maximum Gasteiger partial charge on any atom is 0.0371 e. The fourth-order valence-corrected chi connectivity index (χ4v) is 2.80. The normalized spacial score (nSPS) is 18.6. The number of benzene rings is 1. The summed E-state index contributed by atoms with van der Waals surface area (Å²) in [5.41, 5.74) is 4.31. The van der Waals surface area contributed by atoms with Gasteiger partial charge in [-0.25, -0.2) is 0 Å². The van der Waals surface area contributed by atoms with Gasteiger partial charge in [0.25, 0.3) is 0 Å². The number of rotatable bonds is 7. The second kappa shape index (κ2) is 5.77. The lowest BCUT2D eigenvalue weighted by molar-refractivity contribution is 0.587. The lowest BCUT2D eigenvalue weighted by Crippen LogP contribution is -2.28. The molecule has 1 N–H and O–H groups in total. The molecule has 1 aromatic carbocycles. The van der Waals surface area contributed by atoms with Crippen LogP contribution in [0.5, 0.6) is 0 Å². The van der Waals surface area contributed by atoms with Gasteiger partial charge in [-0.3, -0.25) is 0 Å². The van der Waals surface area contributed by atoms with Gasteiger partial charge in [-0.2, -0.15) is 0 Å². The molecule has 0 heterocycles. The van der Waals surface area contributed by atoms with E-state index in [-0.39, 0.29) is 0 Å². The van der Waals surface area contributed by atoms with Crippen molar-refractivity contribution in [2.24, 2.45) is 5.92 Å². The van der Waals surface area contributed by atoms with Crippen LogP contribution < -0.4 is 10.2 Å². The summed E-state index contributed by atoms with van der Waals surface area (Å²) in [6.45, 7) is 8.93. The second-order valence-corrected chi connectivity index (χ2v) is 6.97. The zero-order chi connectivity index (χ0) is 14.1. The van der Waals surface area contributed by atoms with Crippen LogP contribution in [-0.2, 0) is 6.54 Å². The van der Waals surface area contributed by atoms with E-state index >= 15 is 0 Å². The van der Waals surface area contributed by atoms with E-state index in [9.17, 15) is 0 Å². The van der Waals surface area contributed by atoms with E-state index in [0.29, 0.717) is 6.04 Å². The molecule has 2 saturated carbocycles. The molecule has 0 amide bonds. The second-order valence-electron chi connectivity index (χ2n) is 6.97. The number of anilines is 1. The highest BCUT2D eigenvalue weighted by atomic mass is 15.2. The summed E-state index contributed by atoms with van der Waals surface area (Å²) in [5.74, 6) is 0.971. The van der Waals surface area contributed by atoms with Crippen molar-refractivity contribution in [2.75, 3.05) is 11.4 Å². The van der Waals surface area contributed by atoms with Crippen molar-refractivity contribution < 1.29 is 0 Å². The number of nitrogens with one attached hydrogen (secondary N) is 1. The Hall–Kier alpha value is -1.02. The van der Waals surface area contributed by atoms with Crippen molar-refractivity contribution in [3.05, 3.63) is 29.3 Å². The minimum Gasteiger partial charge on any atom is -0.368 e. The predicted molar refractivity (Wildman–Crippen MR) is 86.2 cm³/mol. The molecule has 2 aliphatic rings. The quantitative estimate of drug-likeness (QED) is 0.810. The molecule has 0 atom stereocenters. The molecule has 0 aromatic heterocycles. The van der Waals surface area contributed by atoms with Crippen molar-refractivity contribution >= 4 is 5.69 Å². The van der Waals surface area contributed by atoms with Gasteiger partial charge in [0.1, 0.15) is 0 Å². The van der Waals surface area contributed by atoms with Crippen molar-refractivity contribution in [1.29, 1.82) is 0 Å². The fraction of sp³-hybridized carbons (Fsp3) is 0.667. The molecule has 0 bridgehead atoms. The molecule has 0 radical (unpaired) electrons. The molecule has 2 heteroatoms. The number of nitrogens with zero attached hydrogens (tertiary/aromatic N) is 1. The summed E-state index contributed by atoms with van der Waals surface area (Å²) in [6.07, 6.45) is 5.67. The monoisotopic (exact) mass is 272 g/mol. The van der Waals surface area contributed by atoms with E-state index in [1.807, 2.05) is 0 Å². The number of aryl methyl sites for hydroxylation is 1. The van der Waals surface area contributed by atoms with Gasteiger partial charge in [0, 0.05) is 30.9 Å². The summed E-state index contributed by atoms with van der Waals surface area (Å²) in [4.78, 5) is 2.67. The summed E-state index contributed by atoms with van der Waals surface area (Å²) >= 11 is 0. The molecule has 2 aliphatic carbocycles. The Morgan fingerprint density at radius 3 is 2.50 bits per heavy atom. The molecular weight excluding hydrogens is 244 g/mol. The highest BCUT2D eigenvalue weighted by Gasteiger charge is 2.33. The Labute approximate surface area is 123 Å². The first-order valence-corrected chi connectivity index (χ1v) is 8.23. The summed E-state index contributed by atoms with van der Waals surface area (Å²) in [6, 6.07) is 8.44. The maximum atomic E-state index is 3.52. The Bertz CT molecular complexity index is 458. The molecule has 20 heavy (non-hydrogen) atoms. The molecule has 0 saturated heterocycles. The number of hydrogen-bond acceptors (Lipinski definition) is 2. The van der Waals surface area contributed by atoms with Crippen LogP contribution in [0.25, 0.3) is 0 Å². The predicted octanol–water partition coefficient (Wildman–Crippen LogP) is 3.87. The van der Waals surface area contributed by atoms with Crippen LogP contribution in [0.1, 0.15) is 50.7 Å². The van der Waals surface area contributed by atoms with Crippen LogP contribution in [0.15, 0.2) is 18.2 Å². The van der Waals surface area contributed by atoms with E-state index in [1.165, 1.54) is 49.0 Å². The van der Waals surface area contributed by atoms with Crippen molar-refractivity contribution in [1.82, 2.24) is 5.32 Å². The fourth-order valence-electron chi connectivity index (χ4n) is 2.80. The molecular formula is C18H28N2. The SMILES string of the molecule is Cc1cc(N(CC2CC2)C2CC2)ccc1CNC(C)C. The van der Waals surface area contributed by atoms with E-state index < -0.39 is 0 Å². The molecule has 1 aromatic rings. The van der Waals surface area contributed by atoms with Crippen LogP contribution in [-0.4, -0.2) is 18.6 Å². The lowest BCUT2D eigenvalue weighted by atomic mass is 10.1. The van der Waals surface area contributed by atoms with Crippen molar-refractivity contribution in [3.8, 4) is 0 Å². The summed E-state index contributed by atoms with van der Waals surface area (Å²) in [7, 11) is 0. The molecule has 0 unspecified atom stereocenters. The van der Waals surface area contributed by atoms with Gasteiger partial charge in [0.05, 0.1) is 0 Å². The third kappa shape index (κ3) is 3.54. The van der Waals surface area contributed by atoms with Crippen LogP contribution >= 0.6 is 0 Å². The Morgan fingerprint density at radius 2 is 1.95 bits per heavy atom. The lowest BCUT2D eigenvalue weighted by Gasteiger charge is -2.26. The first-order valence-electron chi connectivity index (χ1n) is 8.23. The van der Waals surface area contributed by atoms with Gasteiger partial charge < -0.3 is 10.2 Å². The highest BCUT2D eigenvalue weighted by Crippen LogP contribution is 2.38. The minimum absolute atomic E-state index is 0.548. The van der Waals surface area contributed by atoms with E-state index in [4.69, 9.17) is 0 Å². The van der Waals surface area contributed by atoms with Gasteiger partial charge >= 0.3 is 0 Å². The van der Waals surface area contributed by atoms with Crippen LogP contribution in [0.4, 0.5) is 5.69 Å². The van der Waals surface area contributed by atoms with Gasteiger partial charge in [-0.1, -0.05) is 19.9 Å². The van der Waals surface area contributed by atoms with E-state index in [1.54, 1.807) is 0 Å². The van der Waals surface area contributed by atoms with Crippen LogP contribution in [0.3, 0.4) is 0 Å². The first-order chi connectivity index (χ1) is 9.63. The third-order valence-electron chi connectivity index (χ3n) is 4.50. The molecule has 2 fully saturated rings. The third-order valence-corrected chi connectivity index (χ3v) is 4.50. The smallest absolute Gasteiger partial charge is 0.0371 e. The summed E-state index contributed by atoms with van der Waals surface area (Å²) < 4.78 is 0. The maximum absolute atomic E-state index is 3.52. The van der Waals surface area contributed by atoms with Gasteiger partial charge in [0.2, 0.25) is 0 Å². The first kappa shape index (κ1) is 13.9. The topological polar surface area (TPSA) is 15.3 Å². The average Bonchev–Trinajstić information content (AvgIpc) is 3.26. The molecule has 2 nitrogen and oxygen atoms in total. The Kier molecular flexibility index (Phi) is 4.02. The van der Waals surface area contributed by atoms with E-state index in [2.05, 4.69) is 49.2 Å². The standard InChI is InChI=1S/C18H28N2/c1-13(2)19-11-16-6-7-18(10-14(16)3)20(17-8-9-17)12-15-4-5-15/h6-7,10,13,15,17,19H,4-5,8-9,11-12H2,1-3H3. The zero-order valence-electron chi connectivity index (χ0n) is 13.2. The van der Waals surface area contributed by atoms with Crippen LogP contribution in [0, 0.1) is 12.8 Å². The number of hydrogen-bond donors (Lipinski definition) is 1.